The average molecular weight is 438 g/mol. The van der Waals surface area contributed by atoms with Crippen LogP contribution in [0.4, 0.5) is 26.3 Å². The number of hydrogen-bond donors (Lipinski definition) is 0. The molecular formula is C16H12F6N4S2. The molecule has 0 unspecified atom stereocenters. The molecule has 0 fully saturated rings. The van der Waals surface area contributed by atoms with Crippen molar-refractivity contribution in [2.24, 2.45) is 0 Å². The van der Waals surface area contributed by atoms with Gasteiger partial charge in [-0.1, -0.05) is 13.8 Å². The van der Waals surface area contributed by atoms with Crippen molar-refractivity contribution in [1.29, 1.82) is 0 Å². The minimum atomic E-state index is -4.91. The zero-order chi connectivity index (χ0) is 20.7. The molecule has 150 valence electrons. The van der Waals surface area contributed by atoms with E-state index in [4.69, 9.17) is 0 Å². The van der Waals surface area contributed by atoms with Gasteiger partial charge < -0.3 is 0 Å². The van der Waals surface area contributed by atoms with Crippen LogP contribution in [0.5, 0.6) is 0 Å². The Hall–Kier alpha value is -2.08. The molecule has 2 heterocycles. The van der Waals surface area contributed by atoms with Crippen LogP contribution < -0.4 is 0 Å². The molecule has 3 rings (SSSR count). The van der Waals surface area contributed by atoms with E-state index in [9.17, 15) is 26.3 Å². The minimum absolute atomic E-state index is 0.0234. The third kappa shape index (κ3) is 4.49. The summed E-state index contributed by atoms with van der Waals surface area (Å²) < 4.78 is 80.1. The summed E-state index contributed by atoms with van der Waals surface area (Å²) in [5.41, 5.74) is -2.99. The van der Waals surface area contributed by atoms with E-state index in [1.54, 1.807) is 0 Å². The first kappa shape index (κ1) is 20.6. The van der Waals surface area contributed by atoms with Crippen molar-refractivity contribution in [2.75, 3.05) is 0 Å². The molecule has 2 aromatic heterocycles. The number of hydrogen-bond acceptors (Lipinski definition) is 5. The summed E-state index contributed by atoms with van der Waals surface area (Å²) in [6.07, 6.45) is -8.45. The number of benzene rings is 1. The number of thiazole rings is 1. The molecule has 0 N–H and O–H groups in total. The first-order valence-corrected chi connectivity index (χ1v) is 9.44. The van der Waals surface area contributed by atoms with Crippen LogP contribution in [0, 0.1) is 0 Å². The zero-order valence-electron chi connectivity index (χ0n) is 14.3. The summed E-state index contributed by atoms with van der Waals surface area (Å²) >= 11 is 2.18. The van der Waals surface area contributed by atoms with Crippen LogP contribution in [0.25, 0.3) is 11.3 Å². The highest BCUT2D eigenvalue weighted by atomic mass is 32.2. The van der Waals surface area contributed by atoms with Gasteiger partial charge in [0.2, 0.25) is 0 Å². The molecule has 1 aromatic carbocycles. The van der Waals surface area contributed by atoms with Crippen molar-refractivity contribution < 1.29 is 26.3 Å². The molecular weight excluding hydrogens is 426 g/mol. The van der Waals surface area contributed by atoms with E-state index in [-0.39, 0.29) is 23.2 Å². The summed E-state index contributed by atoms with van der Waals surface area (Å²) in [7, 11) is 0. The van der Waals surface area contributed by atoms with E-state index in [0.717, 1.165) is 23.3 Å². The minimum Gasteiger partial charge on any atom is -0.228 e. The molecule has 0 saturated heterocycles. The van der Waals surface area contributed by atoms with E-state index >= 15 is 0 Å². The number of nitrogens with zero attached hydrogens (tertiary/aromatic N) is 4. The molecule has 12 heteroatoms. The van der Waals surface area contributed by atoms with Crippen molar-refractivity contribution in [3.63, 3.8) is 0 Å². The summed E-state index contributed by atoms with van der Waals surface area (Å²) in [4.78, 5) is 8.27. The van der Waals surface area contributed by atoms with Gasteiger partial charge in [0.05, 0.1) is 16.8 Å². The largest absolute Gasteiger partial charge is 0.416 e. The fourth-order valence-electron chi connectivity index (χ4n) is 2.29. The second-order valence-electron chi connectivity index (χ2n) is 6.03. The quantitative estimate of drug-likeness (QED) is 0.461. The molecule has 3 aromatic rings. The number of rotatable bonds is 4. The maximum atomic E-state index is 13.0. The second-order valence-corrected chi connectivity index (χ2v) is 8.06. The molecule has 0 atom stereocenters. The van der Waals surface area contributed by atoms with Gasteiger partial charge in [-0.2, -0.15) is 30.4 Å². The van der Waals surface area contributed by atoms with Gasteiger partial charge in [0.1, 0.15) is 12.2 Å². The van der Waals surface area contributed by atoms with Gasteiger partial charge in [-0.3, -0.25) is 0 Å². The standard InChI is InChI=1S/C16H12F6N4S2/c1-8(2)13-23-7-24-26(13)28-14-25-12(6-27-14)9-3-10(15(17,18)19)5-11(4-9)16(20,21)22/h3-8H,1-2H3. The van der Waals surface area contributed by atoms with Gasteiger partial charge in [-0.05, 0) is 18.2 Å². The lowest BCUT2D eigenvalue weighted by atomic mass is 10.0. The van der Waals surface area contributed by atoms with E-state index in [2.05, 4.69) is 15.1 Å². The summed E-state index contributed by atoms with van der Waals surface area (Å²) in [6.45, 7) is 3.82. The van der Waals surface area contributed by atoms with Gasteiger partial charge in [-0.25, -0.2) is 9.97 Å². The van der Waals surface area contributed by atoms with Crippen LogP contribution in [0.15, 0.2) is 34.2 Å². The Morgan fingerprint density at radius 3 is 2.14 bits per heavy atom. The number of halogens is 6. The number of aromatic nitrogens is 4. The highest BCUT2D eigenvalue weighted by Gasteiger charge is 2.37. The van der Waals surface area contributed by atoms with Gasteiger partial charge in [0, 0.05) is 28.8 Å². The highest BCUT2D eigenvalue weighted by Crippen LogP contribution is 2.39. The molecule has 4 nitrogen and oxygen atoms in total. The van der Waals surface area contributed by atoms with Gasteiger partial charge in [0.15, 0.2) is 4.34 Å². The van der Waals surface area contributed by atoms with Crippen LogP contribution in [0.2, 0.25) is 0 Å². The van der Waals surface area contributed by atoms with Crippen LogP contribution in [-0.2, 0) is 12.4 Å². The van der Waals surface area contributed by atoms with Crippen LogP contribution >= 0.6 is 23.3 Å². The Morgan fingerprint density at radius 2 is 1.61 bits per heavy atom. The maximum Gasteiger partial charge on any atom is 0.416 e. The monoisotopic (exact) mass is 438 g/mol. The van der Waals surface area contributed by atoms with Crippen LogP contribution in [-0.4, -0.2) is 19.2 Å². The van der Waals surface area contributed by atoms with E-state index in [1.165, 1.54) is 15.8 Å². The Bertz CT molecular complexity index is 942. The molecule has 28 heavy (non-hydrogen) atoms. The molecule has 0 aliphatic heterocycles. The summed E-state index contributed by atoms with van der Waals surface area (Å²) in [6, 6.07) is 1.41. The van der Waals surface area contributed by atoms with Crippen LogP contribution in [0.3, 0.4) is 0 Å². The molecule has 0 saturated carbocycles. The predicted molar refractivity (Wildman–Crippen MR) is 92.9 cm³/mol. The molecule has 0 aliphatic rings. The Morgan fingerprint density at radius 1 is 1.00 bits per heavy atom. The average Bonchev–Trinajstić information content (AvgIpc) is 3.22. The first-order valence-electron chi connectivity index (χ1n) is 7.79. The van der Waals surface area contributed by atoms with Crippen molar-refractivity contribution in [3.8, 4) is 11.3 Å². The maximum absolute atomic E-state index is 13.0. The van der Waals surface area contributed by atoms with Gasteiger partial charge >= 0.3 is 12.4 Å². The summed E-state index contributed by atoms with van der Waals surface area (Å²) in [5, 5.41) is 5.45. The Balaban J connectivity index is 1.97. The van der Waals surface area contributed by atoms with Gasteiger partial charge in [0.25, 0.3) is 0 Å². The second kappa shape index (κ2) is 7.39. The van der Waals surface area contributed by atoms with E-state index in [0.29, 0.717) is 22.3 Å². The zero-order valence-corrected chi connectivity index (χ0v) is 16.0. The van der Waals surface area contributed by atoms with E-state index in [1.807, 2.05) is 13.8 Å². The van der Waals surface area contributed by atoms with Crippen molar-refractivity contribution in [1.82, 2.24) is 19.2 Å². The lowest BCUT2D eigenvalue weighted by Gasteiger charge is -2.13. The normalized spacial score (nSPS) is 12.8. The first-order chi connectivity index (χ1) is 12.9. The fraction of sp³-hybridized carbons (Fsp3) is 0.312. The third-order valence-electron chi connectivity index (χ3n) is 3.59. The van der Waals surface area contributed by atoms with Crippen LogP contribution in [0.1, 0.15) is 36.7 Å². The Labute approximate surface area is 163 Å². The third-order valence-corrected chi connectivity index (χ3v) is 5.44. The fourth-order valence-corrected chi connectivity index (χ4v) is 4.10. The topological polar surface area (TPSA) is 43.6 Å². The van der Waals surface area contributed by atoms with Crippen molar-refractivity contribution in [2.45, 2.75) is 36.5 Å². The van der Waals surface area contributed by atoms with Crippen molar-refractivity contribution in [3.05, 3.63) is 46.9 Å². The van der Waals surface area contributed by atoms with E-state index < -0.39 is 23.5 Å². The lowest BCUT2D eigenvalue weighted by molar-refractivity contribution is -0.143. The molecule has 0 aliphatic carbocycles. The SMILES string of the molecule is CC(C)c1ncnn1Sc1nc(-c2cc(C(F)(F)F)cc(C(F)(F)F)c2)cs1. The highest BCUT2D eigenvalue weighted by molar-refractivity contribution is 7.99. The molecule has 0 spiro atoms. The summed E-state index contributed by atoms with van der Waals surface area (Å²) in [5.74, 6) is 0.743. The molecule has 0 radical (unpaired) electrons. The van der Waals surface area contributed by atoms with Crippen molar-refractivity contribution >= 4 is 23.3 Å². The number of alkyl halides is 6. The smallest absolute Gasteiger partial charge is 0.228 e. The predicted octanol–water partition coefficient (Wildman–Crippen LogP) is 6.12. The van der Waals surface area contributed by atoms with Gasteiger partial charge in [-0.15, -0.1) is 16.4 Å². The molecule has 0 bridgehead atoms. The lowest BCUT2D eigenvalue weighted by Crippen LogP contribution is -2.11. The molecule has 0 amide bonds. The Kier molecular flexibility index (Phi) is 5.45.